The van der Waals surface area contributed by atoms with Crippen LogP contribution in [0.25, 0.3) is 0 Å². The first kappa shape index (κ1) is 50.1. The molecule has 0 rings (SSSR count). The van der Waals surface area contributed by atoms with Crippen LogP contribution in [-0.2, 0) is 0 Å². The van der Waals surface area contributed by atoms with E-state index in [2.05, 4.69) is 20.8 Å². The molecule has 0 unspecified atom stereocenters. The van der Waals surface area contributed by atoms with Crippen molar-refractivity contribution in [2.45, 2.75) is 131 Å². The van der Waals surface area contributed by atoms with Crippen molar-refractivity contribution in [3.05, 3.63) is 0 Å². The monoisotopic (exact) mass is 296 g/mol. The smallest absolute Gasteiger partial charge is 0.0448 e. The van der Waals surface area contributed by atoms with Gasteiger partial charge in [0.05, 0.1) is 0 Å². The minimum Gasteiger partial charge on any atom is -0.0683 e. The first-order chi connectivity index (χ1) is 9.81. The summed E-state index contributed by atoms with van der Waals surface area (Å²) in [6.45, 7) is 34.7. The van der Waals surface area contributed by atoms with E-state index >= 15 is 0 Å². The molecule has 136 valence electrons. The lowest BCUT2D eigenvalue weighted by Crippen LogP contribution is -1.85. The van der Waals surface area contributed by atoms with Gasteiger partial charge in [0.2, 0.25) is 0 Å². The Morgan fingerprint density at radius 1 is 0.400 bits per heavy atom. The van der Waals surface area contributed by atoms with Crippen LogP contribution in [0.15, 0.2) is 0 Å². The summed E-state index contributed by atoms with van der Waals surface area (Å²) < 4.78 is 0. The molecule has 0 radical (unpaired) electrons. The number of rotatable bonds is 2. The van der Waals surface area contributed by atoms with Gasteiger partial charge in [0.1, 0.15) is 0 Å². The molecule has 0 bridgehead atoms. The fourth-order valence-electron chi connectivity index (χ4n) is 0.289. The maximum absolute atomic E-state index is 2.28. The highest BCUT2D eigenvalue weighted by Crippen LogP contribution is 2.02. The van der Waals surface area contributed by atoms with Gasteiger partial charge < -0.3 is 0 Å². The molecular formula is C20H56. The van der Waals surface area contributed by atoms with Gasteiger partial charge in [0.25, 0.3) is 0 Å². The van der Waals surface area contributed by atoms with E-state index in [0.717, 1.165) is 5.92 Å². The van der Waals surface area contributed by atoms with Crippen LogP contribution in [0, 0.1) is 5.92 Å². The Balaban J connectivity index is -0.0000000149. The molecule has 0 saturated carbocycles. The van der Waals surface area contributed by atoms with Crippen molar-refractivity contribution in [3.63, 3.8) is 0 Å². The van der Waals surface area contributed by atoms with Crippen LogP contribution in [0.1, 0.15) is 131 Å². The topological polar surface area (TPSA) is 0 Å². The number of hydrogen-bond acceptors (Lipinski definition) is 0. The van der Waals surface area contributed by atoms with Crippen LogP contribution in [0.4, 0.5) is 0 Å². The molecule has 0 amide bonds. The lowest BCUT2D eigenvalue weighted by molar-refractivity contribution is 0.544. The SMILES string of the molecule is CC.CC.CC.CC.CC.CC.CC.CCC(C)CC. The Morgan fingerprint density at radius 3 is 0.500 bits per heavy atom. The molecule has 0 aromatic carbocycles. The summed E-state index contributed by atoms with van der Waals surface area (Å²) >= 11 is 0. The Bertz CT molecular complexity index is 19.2. The second kappa shape index (κ2) is 246. The Morgan fingerprint density at radius 2 is 0.500 bits per heavy atom. The first-order valence-corrected chi connectivity index (χ1v) is 9.81. The molecule has 0 aliphatic rings. The molecule has 0 atom stereocenters. The highest BCUT2D eigenvalue weighted by molar-refractivity contribution is 4.41. The molecule has 0 N–H and O–H groups in total. The number of hydrogen-bond donors (Lipinski definition) is 0. The molecule has 0 aromatic heterocycles. The van der Waals surface area contributed by atoms with Crippen molar-refractivity contribution in [1.82, 2.24) is 0 Å². The molecule has 0 heterocycles. The Labute approximate surface area is 137 Å². The summed E-state index contributed by atoms with van der Waals surface area (Å²) in [5.74, 6) is 0.935. The predicted octanol–water partition coefficient (Wildman–Crippen LogP) is 9.63. The average molecular weight is 297 g/mol. The molecular weight excluding hydrogens is 240 g/mol. The van der Waals surface area contributed by atoms with Gasteiger partial charge in [-0.05, 0) is 5.92 Å². The summed E-state index contributed by atoms with van der Waals surface area (Å²) in [5, 5.41) is 0. The lowest BCUT2D eigenvalue weighted by Gasteiger charge is -1.98. The van der Waals surface area contributed by atoms with Crippen molar-refractivity contribution in [1.29, 1.82) is 0 Å². The molecule has 0 fully saturated rings. The molecule has 0 aliphatic carbocycles. The third kappa shape index (κ3) is 325. The zero-order valence-corrected chi connectivity index (χ0v) is 19.0. The fourth-order valence-corrected chi connectivity index (χ4v) is 0.289. The summed E-state index contributed by atoms with van der Waals surface area (Å²) in [6.07, 6.45) is 2.66. The third-order valence-electron chi connectivity index (χ3n) is 1.39. The van der Waals surface area contributed by atoms with Gasteiger partial charge in [0.15, 0.2) is 0 Å². The minimum absolute atomic E-state index is 0.935. The molecule has 0 spiro atoms. The molecule has 0 heteroatoms. The van der Waals surface area contributed by atoms with Crippen molar-refractivity contribution < 1.29 is 0 Å². The second-order valence-electron chi connectivity index (χ2n) is 1.92. The van der Waals surface area contributed by atoms with Gasteiger partial charge in [-0.25, -0.2) is 0 Å². The van der Waals surface area contributed by atoms with E-state index in [9.17, 15) is 0 Å². The quantitative estimate of drug-likeness (QED) is 0.475. The van der Waals surface area contributed by atoms with Crippen LogP contribution in [0.3, 0.4) is 0 Å². The molecule has 0 nitrogen and oxygen atoms in total. The van der Waals surface area contributed by atoms with Crippen molar-refractivity contribution in [2.24, 2.45) is 5.92 Å². The predicted molar refractivity (Wildman–Crippen MR) is 109 cm³/mol. The highest BCUT2D eigenvalue weighted by Gasteiger charge is 1.88. The summed E-state index contributed by atoms with van der Waals surface area (Å²) in [6, 6.07) is 0. The van der Waals surface area contributed by atoms with Crippen LogP contribution in [-0.4, -0.2) is 0 Å². The van der Waals surface area contributed by atoms with Crippen LogP contribution in [0.5, 0.6) is 0 Å². The Hall–Kier alpha value is 0. The van der Waals surface area contributed by atoms with Gasteiger partial charge in [-0.15, -0.1) is 0 Å². The van der Waals surface area contributed by atoms with E-state index in [4.69, 9.17) is 0 Å². The second-order valence-corrected chi connectivity index (χ2v) is 1.92. The standard InChI is InChI=1S/C6H14.7C2H6/c1-4-6(3)5-2;7*1-2/h6H,4-5H2,1-3H3;7*1-2H3. The average Bonchev–Trinajstić information content (AvgIpc) is 2.66. The van der Waals surface area contributed by atoms with E-state index in [-0.39, 0.29) is 0 Å². The zero-order valence-electron chi connectivity index (χ0n) is 19.0. The van der Waals surface area contributed by atoms with Gasteiger partial charge >= 0.3 is 0 Å². The fraction of sp³-hybridized carbons (Fsp3) is 1.00. The van der Waals surface area contributed by atoms with Crippen molar-refractivity contribution in [3.8, 4) is 0 Å². The Kier molecular flexibility index (Phi) is 617. The summed E-state index contributed by atoms with van der Waals surface area (Å²) in [7, 11) is 0. The van der Waals surface area contributed by atoms with E-state index in [1.807, 2.05) is 96.9 Å². The third-order valence-corrected chi connectivity index (χ3v) is 1.39. The van der Waals surface area contributed by atoms with Crippen LogP contribution < -0.4 is 0 Å². The van der Waals surface area contributed by atoms with E-state index in [0.29, 0.717) is 0 Å². The normalized spacial score (nSPS) is 5.10. The summed E-state index contributed by atoms with van der Waals surface area (Å²) in [5.41, 5.74) is 0. The van der Waals surface area contributed by atoms with Crippen LogP contribution in [0.2, 0.25) is 0 Å². The molecule has 0 aliphatic heterocycles. The largest absolute Gasteiger partial charge is 0.0683 e. The van der Waals surface area contributed by atoms with Crippen LogP contribution >= 0.6 is 0 Å². The van der Waals surface area contributed by atoms with Gasteiger partial charge in [-0.3, -0.25) is 0 Å². The van der Waals surface area contributed by atoms with Gasteiger partial charge in [-0.1, -0.05) is 131 Å². The van der Waals surface area contributed by atoms with Crippen molar-refractivity contribution in [2.75, 3.05) is 0 Å². The van der Waals surface area contributed by atoms with E-state index < -0.39 is 0 Å². The van der Waals surface area contributed by atoms with Gasteiger partial charge in [0, 0.05) is 0 Å². The maximum atomic E-state index is 2.28. The summed E-state index contributed by atoms with van der Waals surface area (Å²) in [4.78, 5) is 0. The van der Waals surface area contributed by atoms with E-state index in [1.165, 1.54) is 12.8 Å². The first-order valence-electron chi connectivity index (χ1n) is 9.81. The van der Waals surface area contributed by atoms with Gasteiger partial charge in [-0.2, -0.15) is 0 Å². The molecule has 0 aromatic rings. The minimum atomic E-state index is 0.935. The zero-order chi connectivity index (χ0) is 19.0. The highest BCUT2D eigenvalue weighted by atomic mass is 13.9. The maximum Gasteiger partial charge on any atom is -0.0448 e. The van der Waals surface area contributed by atoms with Crippen molar-refractivity contribution >= 4 is 0 Å². The molecule has 0 saturated heterocycles. The lowest BCUT2D eigenvalue weighted by atomic mass is 10.1. The van der Waals surface area contributed by atoms with E-state index in [1.54, 1.807) is 0 Å². The molecule has 20 heavy (non-hydrogen) atoms.